The Balaban J connectivity index is 1.60. The maximum atomic E-state index is 12.3. The second kappa shape index (κ2) is 10.2. The monoisotopic (exact) mass is 385 g/mol. The zero-order valence-corrected chi connectivity index (χ0v) is 16.9. The van der Waals surface area contributed by atoms with Crippen LogP contribution in [0.5, 0.6) is 0 Å². The minimum absolute atomic E-state index is 0.0362. The van der Waals surface area contributed by atoms with E-state index in [-0.39, 0.29) is 5.91 Å². The van der Waals surface area contributed by atoms with Crippen molar-refractivity contribution >= 4 is 29.4 Å². The van der Waals surface area contributed by atoms with Gasteiger partial charge in [-0.3, -0.25) is 9.78 Å². The summed E-state index contributed by atoms with van der Waals surface area (Å²) in [4.78, 5) is 16.3. The largest absolute Gasteiger partial charge is 0.356 e. The molecule has 0 unspecified atom stereocenters. The number of hydrogen-bond acceptors (Lipinski definition) is 3. The zero-order valence-electron chi connectivity index (χ0n) is 16.9. The maximum Gasteiger partial charge on any atom is 0.251 e. The molecule has 0 bridgehead atoms. The van der Waals surface area contributed by atoms with Gasteiger partial charge in [0, 0.05) is 35.9 Å². The molecule has 4 heteroatoms. The average molecular weight is 386 g/mol. The van der Waals surface area contributed by atoms with Crippen molar-refractivity contribution in [3.05, 3.63) is 89.7 Å². The number of nitrogens with zero attached hydrogens (tertiary/aromatic N) is 1. The van der Waals surface area contributed by atoms with Gasteiger partial charge in [0.2, 0.25) is 0 Å². The summed E-state index contributed by atoms with van der Waals surface area (Å²) in [7, 11) is 0. The molecule has 1 heterocycles. The van der Waals surface area contributed by atoms with Crippen LogP contribution >= 0.6 is 0 Å². The minimum atomic E-state index is -0.0362. The number of hydrogen-bond donors (Lipinski definition) is 2. The van der Waals surface area contributed by atoms with Crippen molar-refractivity contribution in [3.8, 4) is 0 Å². The van der Waals surface area contributed by atoms with E-state index in [9.17, 15) is 4.79 Å². The molecule has 3 aromatic rings. The van der Waals surface area contributed by atoms with Gasteiger partial charge >= 0.3 is 0 Å². The number of nitrogens with one attached hydrogen (secondary N) is 2. The van der Waals surface area contributed by atoms with Gasteiger partial charge in [-0.2, -0.15) is 0 Å². The summed E-state index contributed by atoms with van der Waals surface area (Å²) >= 11 is 0. The summed E-state index contributed by atoms with van der Waals surface area (Å²) in [5.74, 6) is 0.539. The molecule has 2 aromatic carbocycles. The lowest BCUT2D eigenvalue weighted by molar-refractivity contribution is 0.0952. The molecule has 1 aromatic heterocycles. The van der Waals surface area contributed by atoms with Crippen molar-refractivity contribution in [2.75, 3.05) is 11.9 Å². The molecular formula is C25H27N3O. The smallest absolute Gasteiger partial charge is 0.251 e. The van der Waals surface area contributed by atoms with Crippen molar-refractivity contribution in [3.63, 3.8) is 0 Å². The lowest BCUT2D eigenvalue weighted by Gasteiger charge is -2.10. The molecule has 29 heavy (non-hydrogen) atoms. The second-order valence-electron chi connectivity index (χ2n) is 7.38. The van der Waals surface area contributed by atoms with E-state index in [2.05, 4.69) is 53.7 Å². The SMILES string of the molecule is CC(C)CCNC(=O)c1cccc(Nc2ccc(C=Cc3ccncc3)cc2)c1. The Bertz CT molecular complexity index is 947. The average Bonchev–Trinajstić information content (AvgIpc) is 2.74. The van der Waals surface area contributed by atoms with Gasteiger partial charge in [0.25, 0.3) is 5.91 Å². The first-order valence-electron chi connectivity index (χ1n) is 9.93. The van der Waals surface area contributed by atoms with E-state index in [1.807, 2.05) is 48.5 Å². The van der Waals surface area contributed by atoms with Crippen molar-refractivity contribution in [1.29, 1.82) is 0 Å². The highest BCUT2D eigenvalue weighted by molar-refractivity contribution is 5.95. The number of carbonyl (C=O) groups excluding carboxylic acids is 1. The van der Waals surface area contributed by atoms with E-state index >= 15 is 0 Å². The summed E-state index contributed by atoms with van der Waals surface area (Å²) in [6.45, 7) is 5.00. The van der Waals surface area contributed by atoms with Crippen molar-refractivity contribution in [1.82, 2.24) is 10.3 Å². The molecule has 0 saturated carbocycles. The van der Waals surface area contributed by atoms with Gasteiger partial charge in [-0.25, -0.2) is 0 Å². The highest BCUT2D eigenvalue weighted by atomic mass is 16.1. The first kappa shape index (κ1) is 20.3. The third-order valence-electron chi connectivity index (χ3n) is 4.51. The fourth-order valence-electron chi connectivity index (χ4n) is 2.83. The van der Waals surface area contributed by atoms with Gasteiger partial charge in [-0.1, -0.05) is 44.2 Å². The van der Waals surface area contributed by atoms with Crippen molar-refractivity contribution in [2.45, 2.75) is 20.3 Å². The molecule has 1 amide bonds. The maximum absolute atomic E-state index is 12.3. The predicted octanol–water partition coefficient (Wildman–Crippen LogP) is 5.77. The van der Waals surface area contributed by atoms with E-state index in [0.29, 0.717) is 18.0 Å². The molecule has 0 aliphatic heterocycles. The van der Waals surface area contributed by atoms with E-state index in [4.69, 9.17) is 0 Å². The van der Waals surface area contributed by atoms with Gasteiger partial charge in [-0.15, -0.1) is 0 Å². The highest BCUT2D eigenvalue weighted by Gasteiger charge is 2.06. The van der Waals surface area contributed by atoms with Gasteiger partial charge in [-0.05, 0) is 65.9 Å². The number of carbonyl (C=O) groups is 1. The van der Waals surface area contributed by atoms with Crippen LogP contribution in [-0.2, 0) is 0 Å². The molecule has 148 valence electrons. The molecule has 0 spiro atoms. The van der Waals surface area contributed by atoms with Crippen LogP contribution in [0.15, 0.2) is 73.1 Å². The first-order chi connectivity index (χ1) is 14.1. The Morgan fingerprint density at radius 1 is 0.931 bits per heavy atom. The molecule has 0 saturated heterocycles. The molecule has 0 fully saturated rings. The van der Waals surface area contributed by atoms with Crippen LogP contribution in [0.4, 0.5) is 11.4 Å². The van der Waals surface area contributed by atoms with E-state index in [0.717, 1.165) is 28.9 Å². The van der Waals surface area contributed by atoms with E-state index in [1.54, 1.807) is 12.4 Å². The summed E-state index contributed by atoms with van der Waals surface area (Å²) in [6.07, 6.45) is 8.68. The standard InChI is InChI=1S/C25H27N3O/c1-19(2)12-17-27-25(29)22-4-3-5-24(18-22)28-23-10-8-20(9-11-23)6-7-21-13-15-26-16-14-21/h3-11,13-16,18-19,28H,12,17H2,1-2H3,(H,27,29). The lowest BCUT2D eigenvalue weighted by Crippen LogP contribution is -2.25. The summed E-state index contributed by atoms with van der Waals surface area (Å²) in [5, 5.41) is 6.34. The lowest BCUT2D eigenvalue weighted by atomic mass is 10.1. The van der Waals surface area contributed by atoms with Crippen LogP contribution < -0.4 is 10.6 Å². The Labute approximate surface area is 172 Å². The Kier molecular flexibility index (Phi) is 7.17. The molecule has 3 rings (SSSR count). The molecule has 4 nitrogen and oxygen atoms in total. The number of aromatic nitrogens is 1. The Morgan fingerprint density at radius 2 is 1.62 bits per heavy atom. The number of benzene rings is 2. The van der Waals surface area contributed by atoms with Crippen LogP contribution in [-0.4, -0.2) is 17.4 Å². The van der Waals surface area contributed by atoms with Gasteiger partial charge in [0.15, 0.2) is 0 Å². The second-order valence-corrected chi connectivity index (χ2v) is 7.38. The zero-order chi connectivity index (χ0) is 20.5. The molecular weight excluding hydrogens is 358 g/mol. The summed E-state index contributed by atoms with van der Waals surface area (Å²) < 4.78 is 0. The molecule has 0 aliphatic rings. The third kappa shape index (κ3) is 6.61. The number of pyridine rings is 1. The fourth-order valence-corrected chi connectivity index (χ4v) is 2.83. The number of rotatable bonds is 8. The number of anilines is 2. The number of amides is 1. The van der Waals surface area contributed by atoms with Gasteiger partial charge in [0.1, 0.15) is 0 Å². The quantitative estimate of drug-likeness (QED) is 0.517. The van der Waals surface area contributed by atoms with Gasteiger partial charge in [0.05, 0.1) is 0 Å². The molecule has 2 N–H and O–H groups in total. The van der Waals surface area contributed by atoms with Crippen LogP contribution in [0.2, 0.25) is 0 Å². The third-order valence-corrected chi connectivity index (χ3v) is 4.51. The van der Waals surface area contributed by atoms with Gasteiger partial charge < -0.3 is 10.6 Å². The van der Waals surface area contributed by atoms with Crippen molar-refractivity contribution in [2.24, 2.45) is 5.92 Å². The molecule has 0 radical (unpaired) electrons. The van der Waals surface area contributed by atoms with E-state index < -0.39 is 0 Å². The summed E-state index contributed by atoms with van der Waals surface area (Å²) in [6, 6.07) is 19.7. The fraction of sp³-hybridized carbons (Fsp3) is 0.200. The van der Waals surface area contributed by atoms with Crippen LogP contribution in [0.25, 0.3) is 12.2 Å². The highest BCUT2D eigenvalue weighted by Crippen LogP contribution is 2.19. The van der Waals surface area contributed by atoms with Crippen molar-refractivity contribution < 1.29 is 4.79 Å². The normalized spacial score (nSPS) is 11.0. The first-order valence-corrected chi connectivity index (χ1v) is 9.93. The molecule has 0 aliphatic carbocycles. The van der Waals surface area contributed by atoms with Crippen LogP contribution in [0.3, 0.4) is 0 Å². The Hall–Kier alpha value is -3.40. The predicted molar refractivity (Wildman–Crippen MR) is 121 cm³/mol. The topological polar surface area (TPSA) is 54.0 Å². The minimum Gasteiger partial charge on any atom is -0.356 e. The van der Waals surface area contributed by atoms with E-state index in [1.165, 1.54) is 0 Å². The summed E-state index contributed by atoms with van der Waals surface area (Å²) in [5.41, 5.74) is 4.76. The Morgan fingerprint density at radius 3 is 2.31 bits per heavy atom. The van der Waals surface area contributed by atoms with Crippen LogP contribution in [0.1, 0.15) is 41.8 Å². The van der Waals surface area contributed by atoms with Crippen LogP contribution in [0, 0.1) is 5.92 Å². The molecule has 0 atom stereocenters.